The van der Waals surface area contributed by atoms with E-state index in [1.165, 1.54) is 6.20 Å². The second-order valence-electron chi connectivity index (χ2n) is 11.3. The van der Waals surface area contributed by atoms with Crippen LogP contribution in [0.3, 0.4) is 0 Å². The quantitative estimate of drug-likeness (QED) is 0.166. The van der Waals surface area contributed by atoms with Gasteiger partial charge in [-0.25, -0.2) is 0 Å². The Hall–Kier alpha value is -5.74. The van der Waals surface area contributed by atoms with Crippen molar-refractivity contribution in [3.63, 3.8) is 0 Å². The average Bonchev–Trinajstić information content (AvgIpc) is 3.59. The Morgan fingerprint density at radius 3 is 2.27 bits per heavy atom. The minimum atomic E-state index is -2.09. The molecule has 237 valence electrons. The maximum atomic E-state index is 7.23. The monoisotopic (exact) mass is 811 g/mol. The number of aryl methyl sites for hydroxylation is 1. The van der Waals surface area contributed by atoms with Gasteiger partial charge in [-0.05, 0) is 64.1 Å². The molecule has 1 radical (unpaired) electrons. The summed E-state index contributed by atoms with van der Waals surface area (Å²) in [5.74, 6) is 0. The Kier molecular flexibility index (Phi) is 8.18. The number of furan rings is 1. The Labute approximate surface area is 302 Å². The van der Waals surface area contributed by atoms with Crippen LogP contribution in [0.5, 0.6) is 0 Å². The van der Waals surface area contributed by atoms with Crippen LogP contribution in [0.4, 0.5) is 0 Å². The molecule has 0 aliphatic rings. The van der Waals surface area contributed by atoms with E-state index in [1.54, 1.807) is 24.4 Å². The summed E-state index contributed by atoms with van der Waals surface area (Å²) in [5, 5.41) is 4.39. The van der Waals surface area contributed by atoms with Gasteiger partial charge < -0.3 is 14.4 Å². The molecule has 0 atom stereocenters. The third kappa shape index (κ3) is 6.30. The van der Waals surface area contributed by atoms with Gasteiger partial charge in [-0.2, -0.15) is 0 Å². The number of hydrogen-bond donors (Lipinski definition) is 0. The van der Waals surface area contributed by atoms with E-state index in [0.29, 0.717) is 0 Å². The minimum Gasteiger partial charge on any atom is -0.500 e. The fraction of sp³-hybridized carbons (Fsp3) is 0.0227. The molecule has 5 aromatic carbocycles. The van der Waals surface area contributed by atoms with Gasteiger partial charge in [0.15, 0.2) is 0 Å². The van der Waals surface area contributed by atoms with E-state index in [4.69, 9.17) is 8.53 Å². The Morgan fingerprint density at radius 1 is 0.592 bits per heavy atom. The largest absolute Gasteiger partial charge is 0.500 e. The Morgan fingerprint density at radius 2 is 1.47 bits per heavy atom. The molecule has 0 N–H and O–H groups in total. The molecule has 0 aliphatic carbocycles. The third-order valence-electron chi connectivity index (χ3n) is 8.31. The van der Waals surface area contributed by atoms with Crippen LogP contribution >= 0.6 is 0 Å². The van der Waals surface area contributed by atoms with Gasteiger partial charge in [0.1, 0.15) is 5.58 Å². The van der Waals surface area contributed by atoms with Crippen molar-refractivity contribution in [3.05, 3.63) is 176 Å². The molecule has 0 aliphatic heterocycles. The zero-order chi connectivity index (χ0) is 34.8. The van der Waals surface area contributed by atoms with Crippen LogP contribution < -0.4 is 0 Å². The van der Waals surface area contributed by atoms with Crippen LogP contribution in [0.1, 0.15) is 9.68 Å². The average molecular weight is 811 g/mol. The fourth-order valence-electron chi connectivity index (χ4n) is 6.07. The van der Waals surface area contributed by atoms with E-state index >= 15 is 0 Å². The summed E-state index contributed by atoms with van der Waals surface area (Å²) in [6.45, 7) is -2.09. The molecular weight excluding hydrogens is 779 g/mol. The summed E-state index contributed by atoms with van der Waals surface area (Å²) >= 11 is 0. The number of rotatable bonds is 4. The summed E-state index contributed by atoms with van der Waals surface area (Å²) in [4.78, 5) is 13.1. The van der Waals surface area contributed by atoms with Gasteiger partial charge in [-0.3, -0.25) is 4.98 Å². The predicted octanol–water partition coefficient (Wildman–Crippen LogP) is 11.2. The van der Waals surface area contributed by atoms with Gasteiger partial charge in [0.25, 0.3) is 0 Å². The van der Waals surface area contributed by atoms with Crippen molar-refractivity contribution in [2.24, 2.45) is 0 Å². The molecule has 0 saturated carbocycles. The maximum Gasteiger partial charge on any atom is 0.129 e. The standard InChI is InChI=1S/C32H19N2O.C12H10N.Ir/c1-2-8-21(9-3-1)23-15-16-25(24-11-6-10-22-17-19-33-20-28(22)24)32-30(23)27-13-7-12-26(31(27)35-32)29-14-4-5-18-34-29;1-10-7-8-12(13-9-10)11-5-3-2-4-6-11;/h1-11,13-20H;2-5,7-9H,1H3;/q2*-1;/i;1D3;. The third-order valence-corrected chi connectivity index (χ3v) is 8.31. The second kappa shape index (κ2) is 14.2. The number of hydrogen-bond acceptors (Lipinski definition) is 4. The summed E-state index contributed by atoms with van der Waals surface area (Å²) < 4.78 is 28.4. The van der Waals surface area contributed by atoms with Crippen LogP contribution in [-0.4, -0.2) is 15.0 Å². The molecule has 4 nitrogen and oxygen atoms in total. The molecule has 0 amide bonds. The van der Waals surface area contributed by atoms with Gasteiger partial charge in [-0.1, -0.05) is 89.8 Å². The van der Waals surface area contributed by atoms with E-state index in [0.717, 1.165) is 77.5 Å². The molecule has 4 heterocycles. The van der Waals surface area contributed by atoms with Crippen molar-refractivity contribution in [3.8, 4) is 44.8 Å². The zero-order valence-corrected chi connectivity index (χ0v) is 28.5. The van der Waals surface area contributed by atoms with Gasteiger partial charge in [0.05, 0.1) is 5.58 Å². The molecule has 49 heavy (non-hydrogen) atoms. The van der Waals surface area contributed by atoms with E-state index in [-0.39, 0.29) is 25.7 Å². The number of pyridine rings is 3. The van der Waals surface area contributed by atoms with E-state index in [1.807, 2.05) is 67.0 Å². The first-order valence-corrected chi connectivity index (χ1v) is 15.6. The van der Waals surface area contributed by atoms with Crippen molar-refractivity contribution in [2.45, 2.75) is 6.85 Å². The summed E-state index contributed by atoms with van der Waals surface area (Å²) in [7, 11) is 0. The maximum absolute atomic E-state index is 7.23. The molecule has 0 bridgehead atoms. The molecule has 0 unspecified atom stereocenters. The van der Waals surface area contributed by atoms with Gasteiger partial charge >= 0.3 is 0 Å². The normalized spacial score (nSPS) is 12.0. The Bertz CT molecular complexity index is 2610. The smallest absolute Gasteiger partial charge is 0.129 e. The number of benzene rings is 5. The number of aromatic nitrogens is 3. The molecule has 0 spiro atoms. The first-order valence-electron chi connectivity index (χ1n) is 17.1. The van der Waals surface area contributed by atoms with Crippen molar-refractivity contribution in [2.75, 3.05) is 0 Å². The van der Waals surface area contributed by atoms with Crippen molar-refractivity contribution in [1.29, 1.82) is 0 Å². The van der Waals surface area contributed by atoms with Crippen LogP contribution in [0, 0.1) is 19.0 Å². The first kappa shape index (κ1) is 28.3. The molecule has 9 rings (SSSR count). The van der Waals surface area contributed by atoms with Crippen LogP contribution in [-0.2, 0) is 20.1 Å². The Balaban J connectivity index is 0.000000209. The summed E-state index contributed by atoms with van der Waals surface area (Å²) in [6, 6.07) is 50.3. The summed E-state index contributed by atoms with van der Waals surface area (Å²) in [6.07, 6.45) is 6.95. The van der Waals surface area contributed by atoms with Crippen molar-refractivity contribution in [1.82, 2.24) is 15.0 Å². The number of fused-ring (bicyclic) bond motifs is 4. The molecule has 0 fully saturated rings. The SMILES string of the molecule is [2H]C([2H])([2H])c1ccc(-c2[c-]cccc2)nc1.[Ir].[c-]1ccc2c(oc3c(-c4cccc5ccncc45)ccc(-c4ccccc4)c32)c1-c1ccccn1. The van der Waals surface area contributed by atoms with Crippen molar-refractivity contribution >= 4 is 32.7 Å². The van der Waals surface area contributed by atoms with E-state index in [9.17, 15) is 0 Å². The topological polar surface area (TPSA) is 51.8 Å². The summed E-state index contributed by atoms with van der Waals surface area (Å²) in [5.41, 5.74) is 9.64. The minimum absolute atomic E-state index is 0. The molecular formula is C44H29IrN3O-2. The first-order chi connectivity index (χ1) is 25.0. The fourth-order valence-corrected chi connectivity index (χ4v) is 6.07. The van der Waals surface area contributed by atoms with Crippen LogP contribution in [0.2, 0.25) is 0 Å². The number of nitrogens with zero attached hydrogens (tertiary/aromatic N) is 3. The van der Waals surface area contributed by atoms with Gasteiger partial charge in [0.2, 0.25) is 0 Å². The molecule has 0 saturated heterocycles. The van der Waals surface area contributed by atoms with Gasteiger partial charge in [-0.15, -0.1) is 54.1 Å². The predicted molar refractivity (Wildman–Crippen MR) is 195 cm³/mol. The van der Waals surface area contributed by atoms with E-state index in [2.05, 4.69) is 87.7 Å². The van der Waals surface area contributed by atoms with Crippen LogP contribution in [0.25, 0.3) is 77.5 Å². The van der Waals surface area contributed by atoms with Gasteiger partial charge in [0, 0.05) is 65.3 Å². The molecule has 4 aromatic heterocycles. The van der Waals surface area contributed by atoms with E-state index < -0.39 is 6.85 Å². The molecule has 5 heteroatoms. The second-order valence-corrected chi connectivity index (χ2v) is 11.3. The zero-order valence-electron chi connectivity index (χ0n) is 29.1. The molecule has 9 aromatic rings. The van der Waals surface area contributed by atoms with Crippen LogP contribution in [0.15, 0.2) is 163 Å². The van der Waals surface area contributed by atoms with Crippen molar-refractivity contribution < 1.29 is 28.6 Å².